The van der Waals surface area contributed by atoms with Crippen molar-refractivity contribution in [1.29, 1.82) is 0 Å². The van der Waals surface area contributed by atoms with Crippen molar-refractivity contribution < 1.29 is 4.74 Å². The summed E-state index contributed by atoms with van der Waals surface area (Å²) < 4.78 is 5.81. The number of para-hydroxylation sites is 1. The quantitative estimate of drug-likeness (QED) is 0.901. The largest absolute Gasteiger partial charge is 0.493 e. The minimum absolute atomic E-state index is 0.457. The molecule has 0 aliphatic carbocycles. The van der Waals surface area contributed by atoms with Crippen molar-refractivity contribution in [2.75, 3.05) is 12.3 Å². The zero-order valence-corrected chi connectivity index (χ0v) is 11.4. The second-order valence-corrected chi connectivity index (χ2v) is 5.42. The Kier molecular flexibility index (Phi) is 4.15. The molecule has 0 radical (unpaired) electrons. The van der Waals surface area contributed by atoms with E-state index in [-0.39, 0.29) is 0 Å². The molecule has 2 N–H and O–H groups in total. The molecule has 1 heterocycles. The van der Waals surface area contributed by atoms with Gasteiger partial charge in [0.15, 0.2) is 0 Å². The van der Waals surface area contributed by atoms with E-state index < -0.39 is 0 Å². The van der Waals surface area contributed by atoms with Crippen molar-refractivity contribution >= 4 is 16.5 Å². The standard InChI is InChI=1S/C13H17N3OS/c1-9(2)10-5-3-4-6-11(10)17-8-7-12-15-16-13(14)18-12/h3-6,9H,7-8H2,1-2H3,(H2,14,16). The summed E-state index contributed by atoms with van der Waals surface area (Å²) in [6, 6.07) is 8.13. The second kappa shape index (κ2) is 5.82. The molecule has 18 heavy (non-hydrogen) atoms. The first-order valence-electron chi connectivity index (χ1n) is 5.96. The smallest absolute Gasteiger partial charge is 0.203 e. The third-order valence-electron chi connectivity index (χ3n) is 2.60. The molecule has 0 amide bonds. The lowest BCUT2D eigenvalue weighted by Crippen LogP contribution is -2.03. The predicted octanol–water partition coefficient (Wildman–Crippen LogP) is 2.87. The fourth-order valence-corrected chi connectivity index (χ4v) is 2.29. The number of nitrogen functional groups attached to an aromatic ring is 1. The van der Waals surface area contributed by atoms with Crippen molar-refractivity contribution in [2.45, 2.75) is 26.2 Å². The van der Waals surface area contributed by atoms with Crippen molar-refractivity contribution in [2.24, 2.45) is 0 Å². The zero-order chi connectivity index (χ0) is 13.0. The number of rotatable bonds is 5. The number of hydrogen-bond donors (Lipinski definition) is 1. The van der Waals surface area contributed by atoms with E-state index in [1.807, 2.05) is 18.2 Å². The minimum Gasteiger partial charge on any atom is -0.493 e. The van der Waals surface area contributed by atoms with Gasteiger partial charge in [-0.2, -0.15) is 0 Å². The SMILES string of the molecule is CC(C)c1ccccc1OCCc1nnc(N)s1. The molecule has 0 bridgehead atoms. The highest BCUT2D eigenvalue weighted by Crippen LogP contribution is 2.26. The molecular weight excluding hydrogens is 246 g/mol. The molecule has 1 aromatic heterocycles. The lowest BCUT2D eigenvalue weighted by Gasteiger charge is -2.13. The normalized spacial score (nSPS) is 10.8. The average molecular weight is 263 g/mol. The molecule has 96 valence electrons. The number of aromatic nitrogens is 2. The van der Waals surface area contributed by atoms with Crippen LogP contribution in [0.15, 0.2) is 24.3 Å². The van der Waals surface area contributed by atoms with Gasteiger partial charge in [0, 0.05) is 6.42 Å². The molecule has 0 saturated carbocycles. The van der Waals surface area contributed by atoms with Gasteiger partial charge in [-0.05, 0) is 17.5 Å². The molecule has 4 nitrogen and oxygen atoms in total. The Morgan fingerprint density at radius 3 is 2.72 bits per heavy atom. The van der Waals surface area contributed by atoms with Gasteiger partial charge in [0.25, 0.3) is 0 Å². The minimum atomic E-state index is 0.457. The number of nitrogens with two attached hydrogens (primary N) is 1. The van der Waals surface area contributed by atoms with Crippen LogP contribution in [0.5, 0.6) is 5.75 Å². The average Bonchev–Trinajstić information content (AvgIpc) is 2.75. The second-order valence-electron chi connectivity index (χ2n) is 4.33. The Labute approximate surface area is 111 Å². The van der Waals surface area contributed by atoms with Crippen molar-refractivity contribution in [3.63, 3.8) is 0 Å². The van der Waals surface area contributed by atoms with Crippen molar-refractivity contribution in [1.82, 2.24) is 10.2 Å². The van der Waals surface area contributed by atoms with E-state index >= 15 is 0 Å². The molecule has 0 fully saturated rings. The monoisotopic (exact) mass is 263 g/mol. The van der Waals surface area contributed by atoms with Gasteiger partial charge in [-0.15, -0.1) is 10.2 Å². The molecular formula is C13H17N3OS. The fraction of sp³-hybridized carbons (Fsp3) is 0.385. The van der Waals surface area contributed by atoms with Crippen LogP contribution in [0.4, 0.5) is 5.13 Å². The van der Waals surface area contributed by atoms with Crippen LogP contribution in [0.3, 0.4) is 0 Å². The maximum atomic E-state index is 5.81. The maximum absolute atomic E-state index is 5.81. The molecule has 2 rings (SSSR count). The Morgan fingerprint density at radius 2 is 2.06 bits per heavy atom. The summed E-state index contributed by atoms with van der Waals surface area (Å²) in [6.45, 7) is 4.92. The Hall–Kier alpha value is -1.62. The summed E-state index contributed by atoms with van der Waals surface area (Å²) in [7, 11) is 0. The van der Waals surface area contributed by atoms with Gasteiger partial charge in [-0.25, -0.2) is 0 Å². The molecule has 0 unspecified atom stereocenters. The lowest BCUT2D eigenvalue weighted by atomic mass is 10.0. The molecule has 2 aromatic rings. The first-order chi connectivity index (χ1) is 8.66. The van der Waals surface area contributed by atoms with Crippen LogP contribution in [0.2, 0.25) is 0 Å². The summed E-state index contributed by atoms with van der Waals surface area (Å²) in [5.74, 6) is 1.41. The fourth-order valence-electron chi connectivity index (χ4n) is 1.70. The van der Waals surface area contributed by atoms with Crippen LogP contribution in [-0.4, -0.2) is 16.8 Å². The van der Waals surface area contributed by atoms with Gasteiger partial charge < -0.3 is 10.5 Å². The Bertz CT molecular complexity index is 510. The number of hydrogen-bond acceptors (Lipinski definition) is 5. The maximum Gasteiger partial charge on any atom is 0.203 e. The third kappa shape index (κ3) is 3.20. The topological polar surface area (TPSA) is 61.0 Å². The molecule has 0 atom stereocenters. The highest BCUT2D eigenvalue weighted by Gasteiger charge is 2.07. The molecule has 0 aliphatic rings. The summed E-state index contributed by atoms with van der Waals surface area (Å²) >= 11 is 1.41. The van der Waals surface area contributed by atoms with Crippen molar-refractivity contribution in [3.05, 3.63) is 34.8 Å². The van der Waals surface area contributed by atoms with Crippen LogP contribution in [-0.2, 0) is 6.42 Å². The molecule has 0 saturated heterocycles. The van der Waals surface area contributed by atoms with E-state index in [4.69, 9.17) is 10.5 Å². The highest BCUT2D eigenvalue weighted by atomic mass is 32.1. The summed E-state index contributed by atoms with van der Waals surface area (Å²) in [5, 5.41) is 9.17. The summed E-state index contributed by atoms with van der Waals surface area (Å²) in [4.78, 5) is 0. The van der Waals surface area contributed by atoms with Gasteiger partial charge in [0.2, 0.25) is 5.13 Å². The molecule has 1 aromatic carbocycles. The van der Waals surface area contributed by atoms with E-state index in [0.717, 1.165) is 17.2 Å². The van der Waals surface area contributed by atoms with Crippen LogP contribution >= 0.6 is 11.3 Å². The first kappa shape index (κ1) is 12.8. The van der Waals surface area contributed by atoms with Gasteiger partial charge >= 0.3 is 0 Å². The first-order valence-corrected chi connectivity index (χ1v) is 6.78. The van der Waals surface area contributed by atoms with Crippen LogP contribution in [0.1, 0.15) is 30.3 Å². The molecule has 0 aliphatic heterocycles. The molecule has 5 heteroatoms. The lowest BCUT2D eigenvalue weighted by molar-refractivity contribution is 0.317. The van der Waals surface area contributed by atoms with E-state index in [1.165, 1.54) is 16.9 Å². The summed E-state index contributed by atoms with van der Waals surface area (Å²) in [5.41, 5.74) is 6.76. The van der Waals surface area contributed by atoms with Gasteiger partial charge in [0.05, 0.1) is 6.61 Å². The van der Waals surface area contributed by atoms with Crippen LogP contribution in [0, 0.1) is 0 Å². The third-order valence-corrected chi connectivity index (χ3v) is 3.41. The predicted molar refractivity (Wildman–Crippen MR) is 74.1 cm³/mol. The van der Waals surface area contributed by atoms with E-state index in [1.54, 1.807) is 0 Å². The Balaban J connectivity index is 1.94. The van der Waals surface area contributed by atoms with E-state index in [2.05, 4.69) is 30.1 Å². The number of nitrogens with zero attached hydrogens (tertiary/aromatic N) is 2. The van der Waals surface area contributed by atoms with Crippen LogP contribution in [0.25, 0.3) is 0 Å². The highest BCUT2D eigenvalue weighted by molar-refractivity contribution is 7.15. The number of benzene rings is 1. The van der Waals surface area contributed by atoms with Gasteiger partial charge in [-0.3, -0.25) is 0 Å². The van der Waals surface area contributed by atoms with Gasteiger partial charge in [0.1, 0.15) is 10.8 Å². The van der Waals surface area contributed by atoms with Crippen molar-refractivity contribution in [3.8, 4) is 5.75 Å². The zero-order valence-electron chi connectivity index (χ0n) is 10.6. The number of anilines is 1. The summed E-state index contributed by atoms with van der Waals surface area (Å²) in [6.07, 6.45) is 0.737. The van der Waals surface area contributed by atoms with E-state index in [0.29, 0.717) is 17.7 Å². The van der Waals surface area contributed by atoms with E-state index in [9.17, 15) is 0 Å². The van der Waals surface area contributed by atoms with Crippen LogP contribution < -0.4 is 10.5 Å². The Morgan fingerprint density at radius 1 is 1.28 bits per heavy atom. The van der Waals surface area contributed by atoms with Gasteiger partial charge in [-0.1, -0.05) is 43.4 Å². The molecule has 0 spiro atoms. The number of ether oxygens (including phenoxy) is 1.